The van der Waals surface area contributed by atoms with E-state index < -0.39 is 10.0 Å². The first-order valence-electron chi connectivity index (χ1n) is 8.70. The highest BCUT2D eigenvalue weighted by molar-refractivity contribution is 7.89. The van der Waals surface area contributed by atoms with E-state index in [4.69, 9.17) is 4.52 Å². The molecule has 0 atom stereocenters. The van der Waals surface area contributed by atoms with Crippen molar-refractivity contribution in [1.82, 2.24) is 14.4 Å². The van der Waals surface area contributed by atoms with Crippen LogP contribution in [0.25, 0.3) is 11.5 Å². The van der Waals surface area contributed by atoms with Crippen molar-refractivity contribution in [3.63, 3.8) is 0 Å². The van der Waals surface area contributed by atoms with Crippen LogP contribution in [-0.2, 0) is 16.4 Å². The molecule has 6 nitrogen and oxygen atoms in total. The molecule has 142 valence electrons. The van der Waals surface area contributed by atoms with Gasteiger partial charge < -0.3 is 4.52 Å². The molecule has 0 aliphatic rings. The van der Waals surface area contributed by atoms with E-state index in [1.54, 1.807) is 19.2 Å². The molecule has 0 saturated carbocycles. The summed E-state index contributed by atoms with van der Waals surface area (Å²) in [5, 5.41) is 3.97. The van der Waals surface area contributed by atoms with E-state index >= 15 is 0 Å². The maximum Gasteiger partial charge on any atom is 0.257 e. The van der Waals surface area contributed by atoms with Crippen LogP contribution in [0.5, 0.6) is 0 Å². The lowest BCUT2D eigenvalue weighted by Gasteiger charge is -2.17. The van der Waals surface area contributed by atoms with Gasteiger partial charge in [0.2, 0.25) is 10.0 Å². The number of rotatable bonds is 6. The molecule has 0 fully saturated rings. The number of hydrogen-bond acceptors (Lipinski definition) is 5. The predicted octanol–water partition coefficient (Wildman–Crippen LogP) is 3.53. The Kier molecular flexibility index (Phi) is 5.43. The van der Waals surface area contributed by atoms with Gasteiger partial charge in [0, 0.05) is 25.6 Å². The topological polar surface area (TPSA) is 76.3 Å². The Bertz CT molecular complexity index is 1060. The maximum absolute atomic E-state index is 12.7. The average Bonchev–Trinajstić information content (AvgIpc) is 3.11. The minimum atomic E-state index is -3.55. The number of likely N-dealkylation sites (N-methyl/N-ethyl adjacent to an activating group) is 1. The quantitative estimate of drug-likeness (QED) is 0.649. The van der Waals surface area contributed by atoms with Crippen molar-refractivity contribution in [2.45, 2.75) is 32.1 Å². The second-order valence-electron chi connectivity index (χ2n) is 6.71. The van der Waals surface area contributed by atoms with E-state index in [0.29, 0.717) is 23.0 Å². The molecule has 0 bridgehead atoms. The number of nitrogens with zero attached hydrogens (tertiary/aromatic N) is 3. The number of sulfonamides is 1. The molecule has 0 unspecified atom stereocenters. The van der Waals surface area contributed by atoms with Gasteiger partial charge in [0.05, 0.1) is 4.90 Å². The van der Waals surface area contributed by atoms with Crippen LogP contribution >= 0.6 is 0 Å². The first-order valence-corrected chi connectivity index (χ1v) is 10.1. The van der Waals surface area contributed by atoms with Crippen LogP contribution in [0.4, 0.5) is 0 Å². The zero-order chi connectivity index (χ0) is 19.6. The number of hydrogen-bond donors (Lipinski definition) is 0. The van der Waals surface area contributed by atoms with Gasteiger partial charge in [-0.1, -0.05) is 28.9 Å². The first-order chi connectivity index (χ1) is 12.8. The van der Waals surface area contributed by atoms with Crippen LogP contribution in [-0.4, -0.2) is 36.5 Å². The molecule has 0 spiro atoms. The molecule has 1 aromatic heterocycles. The highest BCUT2D eigenvalue weighted by Gasteiger charge is 2.21. The summed E-state index contributed by atoms with van der Waals surface area (Å²) in [4.78, 5) is 4.67. The van der Waals surface area contributed by atoms with Gasteiger partial charge >= 0.3 is 0 Å². The van der Waals surface area contributed by atoms with Crippen LogP contribution in [0.15, 0.2) is 51.9 Å². The molecule has 0 radical (unpaired) electrons. The lowest BCUT2D eigenvalue weighted by Crippen LogP contribution is -2.29. The Hall–Kier alpha value is -2.51. The second-order valence-corrected chi connectivity index (χ2v) is 8.75. The lowest BCUT2D eigenvalue weighted by atomic mass is 10.1. The minimum Gasteiger partial charge on any atom is -0.334 e. The van der Waals surface area contributed by atoms with Gasteiger partial charge in [-0.15, -0.1) is 0 Å². The van der Waals surface area contributed by atoms with Gasteiger partial charge in [0.25, 0.3) is 5.89 Å². The normalized spacial score (nSPS) is 11.9. The fourth-order valence-corrected chi connectivity index (χ4v) is 3.94. The Labute approximate surface area is 159 Å². The molecule has 0 aliphatic heterocycles. The number of benzene rings is 2. The Balaban J connectivity index is 1.70. The van der Waals surface area contributed by atoms with E-state index in [2.05, 4.69) is 10.1 Å². The average molecular weight is 385 g/mol. The summed E-state index contributed by atoms with van der Waals surface area (Å²) in [6, 6.07) is 13.0. The van der Waals surface area contributed by atoms with Crippen molar-refractivity contribution in [3.8, 4) is 11.5 Å². The molecule has 0 aliphatic carbocycles. The van der Waals surface area contributed by atoms with Crippen LogP contribution in [0.2, 0.25) is 0 Å². The molecule has 1 heterocycles. The van der Waals surface area contributed by atoms with Crippen molar-refractivity contribution in [2.75, 3.05) is 13.6 Å². The molecule has 0 amide bonds. The van der Waals surface area contributed by atoms with Gasteiger partial charge in [-0.05, 0) is 56.2 Å². The van der Waals surface area contributed by atoms with Gasteiger partial charge in [-0.2, -0.15) is 4.98 Å². The highest BCUT2D eigenvalue weighted by atomic mass is 32.2. The maximum atomic E-state index is 12.7. The predicted molar refractivity (Wildman–Crippen MR) is 104 cm³/mol. The van der Waals surface area contributed by atoms with E-state index in [1.807, 2.05) is 51.1 Å². The van der Waals surface area contributed by atoms with Gasteiger partial charge in [-0.25, -0.2) is 12.7 Å². The van der Waals surface area contributed by atoms with Crippen molar-refractivity contribution in [3.05, 3.63) is 65.0 Å². The fourth-order valence-electron chi connectivity index (χ4n) is 2.68. The molecular formula is C20H23N3O3S. The molecule has 0 N–H and O–H groups in total. The van der Waals surface area contributed by atoms with Crippen molar-refractivity contribution in [1.29, 1.82) is 0 Å². The summed E-state index contributed by atoms with van der Waals surface area (Å²) in [5.41, 5.74) is 3.97. The molecule has 7 heteroatoms. The van der Waals surface area contributed by atoms with E-state index in [9.17, 15) is 8.42 Å². The zero-order valence-corrected chi connectivity index (χ0v) is 16.7. The second kappa shape index (κ2) is 7.62. The Morgan fingerprint density at radius 2 is 1.81 bits per heavy atom. The van der Waals surface area contributed by atoms with Gasteiger partial charge in [0.15, 0.2) is 5.82 Å². The molecule has 2 aromatic carbocycles. The summed E-state index contributed by atoms with van der Waals surface area (Å²) < 4.78 is 32.1. The van der Waals surface area contributed by atoms with E-state index in [1.165, 1.54) is 4.31 Å². The van der Waals surface area contributed by atoms with Gasteiger partial charge in [0.1, 0.15) is 0 Å². The fraction of sp³-hybridized carbons (Fsp3) is 0.300. The largest absolute Gasteiger partial charge is 0.334 e. The summed E-state index contributed by atoms with van der Waals surface area (Å²) in [5.74, 6) is 0.919. The highest BCUT2D eigenvalue weighted by Crippen LogP contribution is 2.20. The first kappa shape index (κ1) is 19.3. The standard InChI is InChI=1S/C20H23N3O3S/c1-14-6-5-7-17(12-14)20-21-19(22-26-20)10-11-23(4)27(24,25)18-9-8-15(2)16(3)13-18/h5-9,12-13H,10-11H2,1-4H3. The summed E-state index contributed by atoms with van der Waals surface area (Å²) in [7, 11) is -1.99. The molecule has 27 heavy (non-hydrogen) atoms. The van der Waals surface area contributed by atoms with E-state index in [0.717, 1.165) is 22.3 Å². The SMILES string of the molecule is Cc1cccc(-c2nc(CCN(C)S(=O)(=O)c3ccc(C)c(C)c3)no2)c1. The smallest absolute Gasteiger partial charge is 0.257 e. The molecular weight excluding hydrogens is 362 g/mol. The van der Waals surface area contributed by atoms with Crippen molar-refractivity contribution in [2.24, 2.45) is 0 Å². The molecule has 0 saturated heterocycles. The van der Waals surface area contributed by atoms with Crippen LogP contribution in [0.3, 0.4) is 0 Å². The van der Waals surface area contributed by atoms with Crippen molar-refractivity contribution >= 4 is 10.0 Å². The number of aromatic nitrogens is 2. The zero-order valence-electron chi connectivity index (χ0n) is 15.9. The molecule has 3 aromatic rings. The third-order valence-corrected chi connectivity index (χ3v) is 6.42. The van der Waals surface area contributed by atoms with Crippen LogP contribution < -0.4 is 0 Å². The Morgan fingerprint density at radius 1 is 1.04 bits per heavy atom. The van der Waals surface area contributed by atoms with Crippen LogP contribution in [0.1, 0.15) is 22.5 Å². The minimum absolute atomic E-state index is 0.266. The molecule has 3 rings (SSSR count). The summed E-state index contributed by atoms with van der Waals surface area (Å²) >= 11 is 0. The summed E-state index contributed by atoms with van der Waals surface area (Å²) in [6.45, 7) is 6.12. The monoisotopic (exact) mass is 385 g/mol. The third-order valence-electron chi connectivity index (χ3n) is 4.57. The van der Waals surface area contributed by atoms with Gasteiger partial charge in [-0.3, -0.25) is 0 Å². The van der Waals surface area contributed by atoms with Crippen LogP contribution in [0, 0.1) is 20.8 Å². The third kappa shape index (κ3) is 4.26. The number of aryl methyl sites for hydroxylation is 3. The Morgan fingerprint density at radius 3 is 2.52 bits per heavy atom. The summed E-state index contributed by atoms with van der Waals surface area (Å²) in [6.07, 6.45) is 0.371. The van der Waals surface area contributed by atoms with E-state index in [-0.39, 0.29) is 6.54 Å². The van der Waals surface area contributed by atoms with Crippen molar-refractivity contribution < 1.29 is 12.9 Å². The lowest BCUT2D eigenvalue weighted by molar-refractivity contribution is 0.415.